The van der Waals surface area contributed by atoms with Gasteiger partial charge in [-0.05, 0) is 26.5 Å². The number of allylic oxidation sites excluding steroid dienone is 1. The summed E-state index contributed by atoms with van der Waals surface area (Å²) >= 11 is 0. The summed E-state index contributed by atoms with van der Waals surface area (Å²) in [7, 11) is 3.71. The SMILES string of the molecule is CNC(C=C(C)C)C(OC)c1ccccc1. The summed E-state index contributed by atoms with van der Waals surface area (Å²) in [6.07, 6.45) is 2.25. The molecular formula is C14H21NO. The summed E-state index contributed by atoms with van der Waals surface area (Å²) in [6, 6.07) is 10.5. The molecule has 0 aliphatic rings. The van der Waals surface area contributed by atoms with E-state index in [0.717, 1.165) is 0 Å². The first-order valence-corrected chi connectivity index (χ1v) is 5.59. The summed E-state index contributed by atoms with van der Waals surface area (Å²) in [6.45, 7) is 4.20. The van der Waals surface area contributed by atoms with Crippen molar-refractivity contribution in [2.75, 3.05) is 14.2 Å². The molecule has 0 spiro atoms. The number of likely N-dealkylation sites (N-methyl/N-ethyl adjacent to an activating group) is 1. The minimum absolute atomic E-state index is 0.0566. The molecule has 0 aliphatic heterocycles. The lowest BCUT2D eigenvalue weighted by atomic mass is 10.0. The standard InChI is InChI=1S/C14H21NO/c1-11(2)10-13(15-3)14(16-4)12-8-6-5-7-9-12/h5-10,13-15H,1-4H3. The largest absolute Gasteiger partial charge is 0.375 e. The van der Waals surface area contributed by atoms with Gasteiger partial charge >= 0.3 is 0 Å². The van der Waals surface area contributed by atoms with Crippen molar-refractivity contribution >= 4 is 0 Å². The molecule has 2 nitrogen and oxygen atoms in total. The second-order valence-corrected chi connectivity index (χ2v) is 4.13. The average molecular weight is 219 g/mol. The summed E-state index contributed by atoms with van der Waals surface area (Å²) in [4.78, 5) is 0. The first-order valence-electron chi connectivity index (χ1n) is 5.59. The molecule has 0 radical (unpaired) electrons. The Labute approximate surface area is 98.3 Å². The van der Waals surface area contributed by atoms with Crippen LogP contribution in [0.2, 0.25) is 0 Å². The Bertz CT molecular complexity index is 328. The maximum Gasteiger partial charge on any atom is 0.101 e. The first-order chi connectivity index (χ1) is 7.69. The number of methoxy groups -OCH3 is 1. The van der Waals surface area contributed by atoms with Gasteiger partial charge in [0.15, 0.2) is 0 Å². The minimum Gasteiger partial charge on any atom is -0.375 e. The van der Waals surface area contributed by atoms with Crippen molar-refractivity contribution in [1.82, 2.24) is 5.32 Å². The van der Waals surface area contributed by atoms with Gasteiger partial charge in [-0.15, -0.1) is 0 Å². The fraction of sp³-hybridized carbons (Fsp3) is 0.429. The minimum atomic E-state index is 0.0566. The van der Waals surface area contributed by atoms with Gasteiger partial charge in [0.25, 0.3) is 0 Å². The Balaban J connectivity index is 2.92. The van der Waals surface area contributed by atoms with E-state index in [9.17, 15) is 0 Å². The molecule has 88 valence electrons. The molecule has 2 unspecified atom stereocenters. The van der Waals surface area contributed by atoms with Crippen LogP contribution in [0.15, 0.2) is 42.0 Å². The molecule has 2 heteroatoms. The highest BCUT2D eigenvalue weighted by Crippen LogP contribution is 2.21. The quantitative estimate of drug-likeness (QED) is 0.769. The van der Waals surface area contributed by atoms with Crippen LogP contribution in [0.1, 0.15) is 25.5 Å². The molecule has 0 amide bonds. The van der Waals surface area contributed by atoms with Crippen molar-refractivity contribution < 1.29 is 4.74 Å². The van der Waals surface area contributed by atoms with Crippen LogP contribution in [-0.2, 0) is 4.74 Å². The van der Waals surface area contributed by atoms with Crippen molar-refractivity contribution in [3.63, 3.8) is 0 Å². The van der Waals surface area contributed by atoms with Crippen LogP contribution in [0.25, 0.3) is 0 Å². The van der Waals surface area contributed by atoms with Crippen LogP contribution in [0, 0.1) is 0 Å². The molecule has 1 aromatic rings. The predicted molar refractivity (Wildman–Crippen MR) is 68.5 cm³/mol. The van der Waals surface area contributed by atoms with Crippen molar-refractivity contribution in [1.29, 1.82) is 0 Å². The molecule has 0 bridgehead atoms. The van der Waals surface area contributed by atoms with E-state index in [4.69, 9.17) is 4.74 Å². The van der Waals surface area contributed by atoms with Crippen LogP contribution < -0.4 is 5.32 Å². The smallest absolute Gasteiger partial charge is 0.101 e. The second kappa shape index (κ2) is 6.46. The molecule has 0 heterocycles. The zero-order valence-electron chi connectivity index (χ0n) is 10.5. The van der Waals surface area contributed by atoms with Gasteiger partial charge in [0.05, 0.1) is 6.04 Å². The van der Waals surface area contributed by atoms with E-state index in [2.05, 4.69) is 37.4 Å². The summed E-state index contributed by atoms with van der Waals surface area (Å²) in [5, 5.41) is 3.28. The van der Waals surface area contributed by atoms with Gasteiger partial charge in [0, 0.05) is 7.11 Å². The Hall–Kier alpha value is -1.12. The summed E-state index contributed by atoms with van der Waals surface area (Å²) < 4.78 is 5.58. The topological polar surface area (TPSA) is 21.3 Å². The number of hydrogen-bond acceptors (Lipinski definition) is 2. The number of hydrogen-bond donors (Lipinski definition) is 1. The molecule has 0 aliphatic carbocycles. The molecule has 2 atom stereocenters. The number of rotatable bonds is 5. The normalized spacial score (nSPS) is 14.2. The van der Waals surface area contributed by atoms with Crippen molar-refractivity contribution in [2.45, 2.75) is 26.0 Å². The van der Waals surface area contributed by atoms with E-state index in [-0.39, 0.29) is 12.1 Å². The van der Waals surface area contributed by atoms with Crippen molar-refractivity contribution in [3.8, 4) is 0 Å². The van der Waals surface area contributed by atoms with Crippen molar-refractivity contribution in [2.24, 2.45) is 0 Å². The van der Waals surface area contributed by atoms with E-state index >= 15 is 0 Å². The van der Waals surface area contributed by atoms with E-state index in [1.807, 2.05) is 25.2 Å². The van der Waals surface area contributed by atoms with Gasteiger partial charge in [-0.25, -0.2) is 0 Å². The molecular weight excluding hydrogens is 198 g/mol. The zero-order valence-corrected chi connectivity index (χ0v) is 10.5. The molecule has 16 heavy (non-hydrogen) atoms. The zero-order chi connectivity index (χ0) is 12.0. The highest BCUT2D eigenvalue weighted by atomic mass is 16.5. The number of benzene rings is 1. The molecule has 0 aromatic heterocycles. The first kappa shape index (κ1) is 12.9. The van der Waals surface area contributed by atoms with Gasteiger partial charge in [-0.1, -0.05) is 42.0 Å². The van der Waals surface area contributed by atoms with Crippen LogP contribution in [0.4, 0.5) is 0 Å². The lowest BCUT2D eigenvalue weighted by molar-refractivity contribution is 0.0840. The fourth-order valence-corrected chi connectivity index (χ4v) is 1.81. The third kappa shape index (κ3) is 3.47. The van der Waals surface area contributed by atoms with E-state index < -0.39 is 0 Å². The van der Waals surface area contributed by atoms with E-state index in [0.29, 0.717) is 0 Å². The lowest BCUT2D eigenvalue weighted by Gasteiger charge is -2.24. The number of nitrogens with one attached hydrogen (secondary N) is 1. The third-order valence-corrected chi connectivity index (χ3v) is 2.55. The Morgan fingerprint density at radius 1 is 1.25 bits per heavy atom. The van der Waals surface area contributed by atoms with Crippen LogP contribution in [0.5, 0.6) is 0 Å². The lowest BCUT2D eigenvalue weighted by Crippen LogP contribution is -2.31. The predicted octanol–water partition coefficient (Wildman–Crippen LogP) is 2.93. The van der Waals surface area contributed by atoms with Crippen LogP contribution in [-0.4, -0.2) is 20.2 Å². The average Bonchev–Trinajstić information content (AvgIpc) is 2.29. The molecule has 0 saturated carbocycles. The van der Waals surface area contributed by atoms with E-state index in [1.165, 1.54) is 11.1 Å². The van der Waals surface area contributed by atoms with Gasteiger partial charge < -0.3 is 10.1 Å². The molecule has 1 rings (SSSR count). The fourth-order valence-electron chi connectivity index (χ4n) is 1.81. The molecule has 1 aromatic carbocycles. The third-order valence-electron chi connectivity index (χ3n) is 2.55. The Morgan fingerprint density at radius 3 is 2.31 bits per heavy atom. The maximum atomic E-state index is 5.58. The Kier molecular flexibility index (Phi) is 5.23. The van der Waals surface area contributed by atoms with Crippen LogP contribution >= 0.6 is 0 Å². The highest BCUT2D eigenvalue weighted by molar-refractivity contribution is 5.21. The second-order valence-electron chi connectivity index (χ2n) is 4.13. The maximum absolute atomic E-state index is 5.58. The van der Waals surface area contributed by atoms with Gasteiger partial charge in [-0.3, -0.25) is 0 Å². The summed E-state index contributed by atoms with van der Waals surface area (Å²) in [5.41, 5.74) is 2.49. The van der Waals surface area contributed by atoms with Gasteiger partial charge in [0.1, 0.15) is 6.10 Å². The number of ether oxygens (including phenoxy) is 1. The molecule has 0 fully saturated rings. The molecule has 1 N–H and O–H groups in total. The highest BCUT2D eigenvalue weighted by Gasteiger charge is 2.18. The summed E-state index contributed by atoms with van der Waals surface area (Å²) in [5.74, 6) is 0. The molecule has 0 saturated heterocycles. The van der Waals surface area contributed by atoms with E-state index in [1.54, 1.807) is 7.11 Å². The monoisotopic (exact) mass is 219 g/mol. The van der Waals surface area contributed by atoms with Crippen LogP contribution in [0.3, 0.4) is 0 Å². The van der Waals surface area contributed by atoms with Crippen molar-refractivity contribution in [3.05, 3.63) is 47.5 Å². The Morgan fingerprint density at radius 2 is 1.88 bits per heavy atom. The van der Waals surface area contributed by atoms with Gasteiger partial charge in [0.2, 0.25) is 0 Å². The van der Waals surface area contributed by atoms with Gasteiger partial charge in [-0.2, -0.15) is 0 Å².